The second kappa shape index (κ2) is 9.97. The lowest BCUT2D eigenvalue weighted by molar-refractivity contribution is -0.118. The number of rotatable bonds is 9. The topological polar surface area (TPSA) is 95.1 Å². The van der Waals surface area contributed by atoms with Crippen LogP contribution in [0.3, 0.4) is 0 Å². The minimum atomic E-state index is -0.0673. The molecule has 1 heterocycles. The lowest BCUT2D eigenvalue weighted by Crippen LogP contribution is -2.27. The minimum absolute atomic E-state index is 0.0673. The van der Waals surface area contributed by atoms with Gasteiger partial charge in [-0.3, -0.25) is 4.79 Å². The Morgan fingerprint density at radius 2 is 1.83 bits per heavy atom. The first-order chi connectivity index (χ1) is 14.0. The van der Waals surface area contributed by atoms with Crippen LogP contribution in [0.25, 0.3) is 0 Å². The summed E-state index contributed by atoms with van der Waals surface area (Å²) < 4.78 is 7.25. The van der Waals surface area contributed by atoms with Crippen molar-refractivity contribution in [3.63, 3.8) is 0 Å². The number of thioether (sulfide) groups is 1. The number of ether oxygens (including phenoxy) is 1. The van der Waals surface area contributed by atoms with Gasteiger partial charge in [0.05, 0.1) is 5.75 Å². The van der Waals surface area contributed by atoms with E-state index >= 15 is 0 Å². The molecule has 0 aliphatic heterocycles. The van der Waals surface area contributed by atoms with E-state index in [9.17, 15) is 4.79 Å². The molecule has 1 amide bonds. The van der Waals surface area contributed by atoms with Crippen LogP contribution in [-0.2, 0) is 17.8 Å². The van der Waals surface area contributed by atoms with Crippen LogP contribution in [0.1, 0.15) is 22.5 Å². The SMILES string of the molecule is Cc1cccc(C)c1OCc1nnc(SCC(=O)NCCc2ccccc2)n1N. The van der Waals surface area contributed by atoms with Crippen molar-refractivity contribution >= 4 is 17.7 Å². The van der Waals surface area contributed by atoms with Crippen LogP contribution in [0, 0.1) is 13.8 Å². The normalized spacial score (nSPS) is 10.7. The van der Waals surface area contributed by atoms with Gasteiger partial charge < -0.3 is 15.9 Å². The lowest BCUT2D eigenvalue weighted by atomic mass is 10.1. The molecule has 0 spiro atoms. The third-order valence-corrected chi connectivity index (χ3v) is 5.34. The Hall–Kier alpha value is -3.00. The number of benzene rings is 2. The Balaban J connectivity index is 1.46. The quantitative estimate of drug-likeness (QED) is 0.415. The van der Waals surface area contributed by atoms with E-state index in [0.29, 0.717) is 17.5 Å². The second-order valence-corrected chi connectivity index (χ2v) is 7.60. The summed E-state index contributed by atoms with van der Waals surface area (Å²) >= 11 is 1.25. The highest BCUT2D eigenvalue weighted by Gasteiger charge is 2.13. The van der Waals surface area contributed by atoms with Crippen molar-refractivity contribution in [2.75, 3.05) is 18.1 Å². The number of hydrogen-bond acceptors (Lipinski definition) is 6. The predicted octanol–water partition coefficient (Wildman–Crippen LogP) is 2.64. The molecule has 0 atom stereocenters. The Morgan fingerprint density at radius 3 is 2.55 bits per heavy atom. The number of nitrogens with two attached hydrogens (primary N) is 1. The Morgan fingerprint density at radius 1 is 1.10 bits per heavy atom. The van der Waals surface area contributed by atoms with Gasteiger partial charge in [0, 0.05) is 6.54 Å². The number of hydrogen-bond donors (Lipinski definition) is 2. The molecular formula is C21H25N5O2S. The number of nitrogens with zero attached hydrogens (tertiary/aromatic N) is 3. The van der Waals surface area contributed by atoms with Gasteiger partial charge in [-0.15, -0.1) is 10.2 Å². The number of nitrogen functional groups attached to an aromatic ring is 1. The van der Waals surface area contributed by atoms with E-state index in [4.69, 9.17) is 10.6 Å². The van der Waals surface area contributed by atoms with Crippen LogP contribution in [-0.4, -0.2) is 33.1 Å². The van der Waals surface area contributed by atoms with Crippen molar-refractivity contribution in [2.24, 2.45) is 0 Å². The van der Waals surface area contributed by atoms with Gasteiger partial charge in [-0.25, -0.2) is 4.68 Å². The van der Waals surface area contributed by atoms with Crippen molar-refractivity contribution in [1.29, 1.82) is 0 Å². The van der Waals surface area contributed by atoms with E-state index in [-0.39, 0.29) is 18.3 Å². The highest BCUT2D eigenvalue weighted by molar-refractivity contribution is 7.99. The number of amides is 1. The van der Waals surface area contributed by atoms with Gasteiger partial charge in [0.1, 0.15) is 12.4 Å². The maximum absolute atomic E-state index is 12.1. The van der Waals surface area contributed by atoms with Crippen LogP contribution >= 0.6 is 11.8 Å². The number of para-hydroxylation sites is 1. The van der Waals surface area contributed by atoms with E-state index in [2.05, 4.69) is 15.5 Å². The molecule has 8 heteroatoms. The molecule has 3 rings (SSSR count). The average Bonchev–Trinajstić information content (AvgIpc) is 3.06. The molecular weight excluding hydrogens is 386 g/mol. The number of aryl methyl sites for hydroxylation is 2. The summed E-state index contributed by atoms with van der Waals surface area (Å²) in [4.78, 5) is 12.1. The minimum Gasteiger partial charge on any atom is -0.485 e. The molecule has 0 saturated heterocycles. The van der Waals surface area contributed by atoms with Gasteiger partial charge in [-0.2, -0.15) is 0 Å². The van der Waals surface area contributed by atoms with E-state index in [1.54, 1.807) is 0 Å². The van der Waals surface area contributed by atoms with Crippen molar-refractivity contribution in [3.05, 3.63) is 71.0 Å². The van der Waals surface area contributed by atoms with E-state index in [1.165, 1.54) is 22.0 Å². The fourth-order valence-corrected chi connectivity index (χ4v) is 3.54. The highest BCUT2D eigenvalue weighted by atomic mass is 32.2. The third-order valence-electron chi connectivity index (χ3n) is 4.40. The Labute approximate surface area is 174 Å². The molecule has 152 valence electrons. The predicted molar refractivity (Wildman–Crippen MR) is 114 cm³/mol. The van der Waals surface area contributed by atoms with Crippen molar-refractivity contribution in [3.8, 4) is 5.75 Å². The van der Waals surface area contributed by atoms with Crippen molar-refractivity contribution < 1.29 is 9.53 Å². The largest absolute Gasteiger partial charge is 0.485 e. The lowest BCUT2D eigenvalue weighted by Gasteiger charge is -2.11. The molecule has 1 aromatic heterocycles. The van der Waals surface area contributed by atoms with Crippen LogP contribution in [0.15, 0.2) is 53.7 Å². The number of carbonyl (C=O) groups excluding carboxylic acids is 1. The van der Waals surface area contributed by atoms with Gasteiger partial charge in [-0.1, -0.05) is 60.3 Å². The fraction of sp³-hybridized carbons (Fsp3) is 0.286. The molecule has 0 aliphatic carbocycles. The standard InChI is InChI=1S/C21H25N5O2S/c1-15-7-6-8-16(2)20(15)28-13-18-24-25-21(26(18)22)29-14-19(27)23-12-11-17-9-4-3-5-10-17/h3-10H,11-14,22H2,1-2H3,(H,23,27). The van der Waals surface area contributed by atoms with Crippen molar-refractivity contribution in [1.82, 2.24) is 20.2 Å². The number of carbonyl (C=O) groups is 1. The molecule has 0 unspecified atom stereocenters. The average molecular weight is 412 g/mol. The zero-order valence-electron chi connectivity index (χ0n) is 16.6. The fourth-order valence-electron chi connectivity index (χ4n) is 2.84. The molecule has 7 nitrogen and oxygen atoms in total. The highest BCUT2D eigenvalue weighted by Crippen LogP contribution is 2.23. The van der Waals surface area contributed by atoms with Gasteiger partial charge >= 0.3 is 0 Å². The molecule has 0 saturated carbocycles. The van der Waals surface area contributed by atoms with Gasteiger partial charge in [0.15, 0.2) is 5.82 Å². The summed E-state index contributed by atoms with van der Waals surface area (Å²) in [5.41, 5.74) is 3.29. The summed E-state index contributed by atoms with van der Waals surface area (Å²) in [5, 5.41) is 11.5. The van der Waals surface area contributed by atoms with E-state index in [0.717, 1.165) is 23.3 Å². The van der Waals surface area contributed by atoms with Gasteiger partial charge in [-0.05, 0) is 37.0 Å². The van der Waals surface area contributed by atoms with Crippen molar-refractivity contribution in [2.45, 2.75) is 32.0 Å². The monoisotopic (exact) mass is 411 g/mol. The molecule has 0 radical (unpaired) electrons. The summed E-state index contributed by atoms with van der Waals surface area (Å²) in [6.07, 6.45) is 0.796. The summed E-state index contributed by atoms with van der Waals surface area (Å²) in [7, 11) is 0. The maximum atomic E-state index is 12.1. The number of aromatic nitrogens is 3. The smallest absolute Gasteiger partial charge is 0.230 e. The molecule has 0 aliphatic rings. The number of nitrogens with one attached hydrogen (secondary N) is 1. The first-order valence-corrected chi connectivity index (χ1v) is 10.3. The van der Waals surface area contributed by atoms with Crippen LogP contribution in [0.2, 0.25) is 0 Å². The van der Waals surface area contributed by atoms with Gasteiger partial charge in [0.25, 0.3) is 0 Å². The van der Waals surface area contributed by atoms with E-state index < -0.39 is 0 Å². The van der Waals surface area contributed by atoms with Crippen LogP contribution in [0.5, 0.6) is 5.75 Å². The molecule has 0 bridgehead atoms. The molecule has 29 heavy (non-hydrogen) atoms. The summed E-state index contributed by atoms with van der Waals surface area (Å²) in [6.45, 7) is 4.78. The molecule has 2 aromatic carbocycles. The maximum Gasteiger partial charge on any atom is 0.230 e. The first kappa shape index (κ1) is 20.7. The first-order valence-electron chi connectivity index (χ1n) is 9.36. The Bertz CT molecular complexity index is 939. The molecule has 3 N–H and O–H groups in total. The zero-order chi connectivity index (χ0) is 20.6. The zero-order valence-corrected chi connectivity index (χ0v) is 17.4. The molecule has 0 fully saturated rings. The summed E-state index contributed by atoms with van der Waals surface area (Å²) in [6, 6.07) is 16.0. The van der Waals surface area contributed by atoms with Crippen LogP contribution < -0.4 is 15.9 Å². The van der Waals surface area contributed by atoms with E-state index in [1.807, 2.05) is 62.4 Å². The van der Waals surface area contributed by atoms with Gasteiger partial charge in [0.2, 0.25) is 11.1 Å². The summed E-state index contributed by atoms with van der Waals surface area (Å²) in [5.74, 6) is 7.54. The third kappa shape index (κ3) is 5.74. The van der Waals surface area contributed by atoms with Crippen LogP contribution in [0.4, 0.5) is 0 Å². The Kier molecular flexibility index (Phi) is 7.13. The molecule has 3 aromatic rings. The second-order valence-electron chi connectivity index (χ2n) is 6.65.